The largest absolute Gasteiger partial charge is 0.369 e. The van der Waals surface area contributed by atoms with Crippen molar-refractivity contribution in [3.63, 3.8) is 0 Å². The Hall–Kier alpha value is -3.88. The van der Waals surface area contributed by atoms with Crippen LogP contribution in [0.5, 0.6) is 0 Å². The zero-order chi connectivity index (χ0) is 25.6. The predicted molar refractivity (Wildman–Crippen MR) is 156 cm³/mol. The number of nitrogens with two attached hydrogens (primary N) is 1. The molecular weight excluding hydrogens is 424 g/mol. The molecule has 2 aromatic carbocycles. The summed E-state index contributed by atoms with van der Waals surface area (Å²) in [6.07, 6.45) is 16.3. The fourth-order valence-corrected chi connectivity index (χ4v) is 4.01. The highest BCUT2D eigenvalue weighted by Crippen LogP contribution is 2.28. The molecule has 1 atom stereocenters. The first kappa shape index (κ1) is 27.4. The first-order valence-corrected chi connectivity index (χ1v) is 11.9. The van der Waals surface area contributed by atoms with Crippen molar-refractivity contribution in [2.45, 2.75) is 33.4 Å². The van der Waals surface area contributed by atoms with E-state index < -0.39 is 0 Å². The van der Waals surface area contributed by atoms with E-state index in [-0.39, 0.29) is 6.17 Å². The van der Waals surface area contributed by atoms with Gasteiger partial charge >= 0.3 is 0 Å². The van der Waals surface area contributed by atoms with Crippen molar-refractivity contribution in [3.05, 3.63) is 151 Å². The third-order valence-corrected chi connectivity index (χ3v) is 5.65. The van der Waals surface area contributed by atoms with Crippen molar-refractivity contribution in [2.24, 2.45) is 5.73 Å². The molecule has 180 valence electrons. The number of allylic oxidation sites excluding steroid dienone is 10. The second-order valence-corrected chi connectivity index (χ2v) is 8.15. The molecule has 0 amide bonds. The van der Waals surface area contributed by atoms with Crippen LogP contribution < -0.4 is 11.1 Å². The second-order valence-electron chi connectivity index (χ2n) is 8.15. The van der Waals surface area contributed by atoms with Gasteiger partial charge in [0, 0.05) is 17.7 Å². The maximum absolute atomic E-state index is 6.09. The normalized spacial score (nSPS) is 18.5. The monoisotopic (exact) mass is 462 g/mol. The van der Waals surface area contributed by atoms with Gasteiger partial charge in [0.05, 0.1) is 6.17 Å². The van der Waals surface area contributed by atoms with Crippen LogP contribution in [0.1, 0.15) is 32.8 Å². The van der Waals surface area contributed by atoms with Crippen molar-refractivity contribution in [2.75, 3.05) is 0 Å². The van der Waals surface area contributed by atoms with Crippen molar-refractivity contribution < 1.29 is 0 Å². The number of hydrogen-bond donors (Lipinski definition) is 2. The van der Waals surface area contributed by atoms with Crippen LogP contribution in [0.4, 0.5) is 0 Å². The zero-order valence-electron chi connectivity index (χ0n) is 21.3. The van der Waals surface area contributed by atoms with Gasteiger partial charge < -0.3 is 11.1 Å². The summed E-state index contributed by atoms with van der Waals surface area (Å²) >= 11 is 0. The zero-order valence-corrected chi connectivity index (χ0v) is 21.3. The molecule has 0 radical (unpaired) electrons. The second kappa shape index (κ2) is 14.4. The van der Waals surface area contributed by atoms with Gasteiger partial charge in [0.2, 0.25) is 0 Å². The molecule has 0 bridgehead atoms. The summed E-state index contributed by atoms with van der Waals surface area (Å²) in [7, 11) is 0. The first-order valence-electron chi connectivity index (χ1n) is 11.9. The average Bonchev–Trinajstić information content (AvgIpc) is 3.00. The van der Waals surface area contributed by atoms with Crippen LogP contribution >= 0.6 is 0 Å². The lowest BCUT2D eigenvalue weighted by Crippen LogP contribution is -2.36. The third kappa shape index (κ3) is 7.84. The van der Waals surface area contributed by atoms with Crippen LogP contribution in [0.3, 0.4) is 0 Å². The molecule has 1 aliphatic heterocycles. The molecule has 2 heteroatoms. The Labute approximate surface area is 212 Å². The van der Waals surface area contributed by atoms with Crippen LogP contribution in [0.25, 0.3) is 16.7 Å². The summed E-state index contributed by atoms with van der Waals surface area (Å²) in [5, 5.41) is 3.31. The minimum Gasteiger partial charge on any atom is -0.369 e. The van der Waals surface area contributed by atoms with Crippen LogP contribution in [-0.2, 0) is 0 Å². The quantitative estimate of drug-likeness (QED) is 0.424. The molecule has 1 heterocycles. The Morgan fingerprint density at radius 3 is 2.29 bits per heavy atom. The van der Waals surface area contributed by atoms with E-state index in [1.807, 2.05) is 50.3 Å². The molecule has 1 unspecified atom stereocenters. The Morgan fingerprint density at radius 1 is 0.971 bits per heavy atom. The molecule has 35 heavy (non-hydrogen) atoms. The maximum atomic E-state index is 6.09. The minimum absolute atomic E-state index is 0.102. The molecular formula is C33H38N2. The maximum Gasteiger partial charge on any atom is 0.0784 e. The molecule has 1 aliphatic rings. The first-order chi connectivity index (χ1) is 17.0. The molecule has 2 nitrogen and oxygen atoms in total. The number of benzene rings is 2. The van der Waals surface area contributed by atoms with Gasteiger partial charge in [0.15, 0.2) is 0 Å². The van der Waals surface area contributed by atoms with Crippen molar-refractivity contribution in [3.8, 4) is 11.1 Å². The van der Waals surface area contributed by atoms with Gasteiger partial charge in [0.25, 0.3) is 0 Å². The Bertz CT molecular complexity index is 1170. The average molecular weight is 463 g/mol. The molecule has 3 rings (SSSR count). The van der Waals surface area contributed by atoms with Crippen LogP contribution in [0.15, 0.2) is 145 Å². The van der Waals surface area contributed by atoms with E-state index in [0.717, 1.165) is 23.3 Å². The molecule has 2 aromatic rings. The molecule has 0 fully saturated rings. The highest BCUT2D eigenvalue weighted by molar-refractivity contribution is 5.72. The molecule has 3 N–H and O–H groups in total. The smallest absolute Gasteiger partial charge is 0.0784 e. The van der Waals surface area contributed by atoms with Crippen LogP contribution in [0, 0.1) is 0 Å². The topological polar surface area (TPSA) is 38.0 Å². The summed E-state index contributed by atoms with van der Waals surface area (Å²) in [5.74, 6) is 0. The highest BCUT2D eigenvalue weighted by atomic mass is 15.0. The third-order valence-electron chi connectivity index (χ3n) is 5.65. The van der Waals surface area contributed by atoms with E-state index in [0.29, 0.717) is 0 Å². The number of rotatable bonds is 6. The Morgan fingerprint density at radius 2 is 1.69 bits per heavy atom. The Kier molecular flexibility index (Phi) is 11.3. The lowest BCUT2D eigenvalue weighted by molar-refractivity contribution is 0.599. The summed E-state index contributed by atoms with van der Waals surface area (Å²) < 4.78 is 0. The van der Waals surface area contributed by atoms with Crippen molar-refractivity contribution >= 4 is 5.57 Å². The van der Waals surface area contributed by atoms with Gasteiger partial charge in [-0.1, -0.05) is 111 Å². The number of nitrogens with one attached hydrogen (secondary N) is 1. The van der Waals surface area contributed by atoms with Gasteiger partial charge in [-0.05, 0) is 66.3 Å². The fraction of sp³-hybridized carbons (Fsp3) is 0.152. The lowest BCUT2D eigenvalue weighted by atomic mass is 9.96. The molecule has 0 saturated carbocycles. The standard InChI is InChI=1S/C17H16.C16H22N2/c1-3-8-14(2)16-11-7-12-17(13-16)15-9-5-4-6-10-15;1-5-9-12-11-16(17)18-15(10-6-2)14(8-4)13(12)7-3/h3-13H,1H2,2H3;5-10,16,18H,2-3,11,17H2,1,4H3/b14-8+;9-5-,14-8-,15-10+. The van der Waals surface area contributed by atoms with E-state index in [1.54, 1.807) is 6.08 Å². The van der Waals surface area contributed by atoms with E-state index in [1.165, 1.54) is 27.8 Å². The summed E-state index contributed by atoms with van der Waals surface area (Å²) in [4.78, 5) is 0. The molecule has 0 aromatic heterocycles. The van der Waals surface area contributed by atoms with Gasteiger partial charge in [0.1, 0.15) is 0 Å². The highest BCUT2D eigenvalue weighted by Gasteiger charge is 2.19. The van der Waals surface area contributed by atoms with Gasteiger partial charge in [-0.3, -0.25) is 0 Å². The van der Waals surface area contributed by atoms with E-state index in [2.05, 4.69) is 92.7 Å². The van der Waals surface area contributed by atoms with Crippen LogP contribution in [0.2, 0.25) is 0 Å². The SMILES string of the molecule is C=C/C=C(\C)c1cccc(-c2ccccc2)c1.C=C/C=C1NC(N)CC(/C=C\C)=C(C=C)C/1=C/C. The van der Waals surface area contributed by atoms with Gasteiger partial charge in [-0.15, -0.1) is 0 Å². The minimum atomic E-state index is -0.102. The lowest BCUT2D eigenvalue weighted by Gasteiger charge is -2.15. The predicted octanol–water partition coefficient (Wildman–Crippen LogP) is 8.28. The summed E-state index contributed by atoms with van der Waals surface area (Å²) in [5.41, 5.74) is 15.5. The summed E-state index contributed by atoms with van der Waals surface area (Å²) in [6.45, 7) is 17.5. The fourth-order valence-electron chi connectivity index (χ4n) is 4.01. The van der Waals surface area contributed by atoms with E-state index >= 15 is 0 Å². The van der Waals surface area contributed by atoms with Crippen molar-refractivity contribution in [1.29, 1.82) is 0 Å². The molecule has 0 spiro atoms. The van der Waals surface area contributed by atoms with E-state index in [4.69, 9.17) is 5.73 Å². The summed E-state index contributed by atoms with van der Waals surface area (Å²) in [6, 6.07) is 19.0. The molecule has 0 saturated heterocycles. The molecule has 0 aliphatic carbocycles. The Balaban J connectivity index is 0.000000247. The van der Waals surface area contributed by atoms with Crippen molar-refractivity contribution in [1.82, 2.24) is 5.32 Å². The van der Waals surface area contributed by atoms with Gasteiger partial charge in [-0.25, -0.2) is 0 Å². The van der Waals surface area contributed by atoms with Crippen LogP contribution in [-0.4, -0.2) is 6.17 Å². The van der Waals surface area contributed by atoms with E-state index in [9.17, 15) is 0 Å². The number of hydrogen-bond acceptors (Lipinski definition) is 2. The van der Waals surface area contributed by atoms with Gasteiger partial charge in [-0.2, -0.15) is 0 Å².